The molecule has 0 atom stereocenters. The molecule has 0 aliphatic rings. The molecule has 0 spiro atoms. The molecule has 0 unspecified atom stereocenters. The van der Waals surface area contributed by atoms with Crippen molar-refractivity contribution in [1.82, 2.24) is 14.8 Å². The maximum Gasteiger partial charge on any atom is 0.376 e. The van der Waals surface area contributed by atoms with Crippen LogP contribution in [0, 0.1) is 12.7 Å². The van der Waals surface area contributed by atoms with Crippen molar-refractivity contribution in [2.45, 2.75) is 47.0 Å². The highest BCUT2D eigenvalue weighted by atomic mass is 35.5. The van der Waals surface area contributed by atoms with Gasteiger partial charge in [0.2, 0.25) is 5.82 Å². The van der Waals surface area contributed by atoms with Crippen molar-refractivity contribution in [2.75, 3.05) is 18.7 Å². The zero-order chi connectivity index (χ0) is 26.8. The summed E-state index contributed by atoms with van der Waals surface area (Å²) in [5.41, 5.74) is 5.21. The average molecular weight is 509 g/mol. The first-order chi connectivity index (χ1) is 16.4. The molecule has 0 fully saturated rings. The van der Waals surface area contributed by atoms with Crippen LogP contribution in [0.25, 0.3) is 11.4 Å². The van der Waals surface area contributed by atoms with Gasteiger partial charge in [0.05, 0.1) is 17.3 Å². The fraction of sp³-hybridized carbons (Fsp3) is 0.400. The molecule has 3 N–H and O–H groups in total. The molecule has 0 bridgehead atoms. The van der Waals surface area contributed by atoms with Gasteiger partial charge in [0.15, 0.2) is 5.82 Å². The molecule has 3 rings (SSSR count). The van der Waals surface area contributed by atoms with E-state index in [0.29, 0.717) is 0 Å². The number of halogens is 2. The number of aliphatic hydroxyl groups excluding tert-OH is 1. The van der Waals surface area contributed by atoms with Crippen molar-refractivity contribution < 1.29 is 24.2 Å². The van der Waals surface area contributed by atoms with Crippen LogP contribution in [0.5, 0.6) is 0 Å². The third kappa shape index (κ3) is 8.61. The van der Waals surface area contributed by atoms with Gasteiger partial charge in [-0.05, 0) is 37.8 Å². The summed E-state index contributed by atoms with van der Waals surface area (Å²) in [4.78, 5) is 11.7. The second-order valence-electron chi connectivity index (χ2n) is 8.48. The van der Waals surface area contributed by atoms with Crippen LogP contribution in [0.3, 0.4) is 0 Å². The van der Waals surface area contributed by atoms with Gasteiger partial charge in [0.25, 0.3) is 0 Å². The first-order valence-electron chi connectivity index (χ1n) is 11.0. The van der Waals surface area contributed by atoms with Gasteiger partial charge in [0.1, 0.15) is 5.82 Å². The van der Waals surface area contributed by atoms with Crippen LogP contribution in [-0.4, -0.2) is 44.3 Å². The number of anilines is 1. The Hall–Kier alpha value is -3.01. The predicted molar refractivity (Wildman–Crippen MR) is 135 cm³/mol. The maximum atomic E-state index is 13.4. The smallest absolute Gasteiger partial charge is 0.376 e. The molecule has 3 aromatic rings. The lowest BCUT2D eigenvalue weighted by Crippen LogP contribution is -2.12. The quantitative estimate of drug-likeness (QED) is 0.313. The van der Waals surface area contributed by atoms with Crippen molar-refractivity contribution in [2.24, 2.45) is 7.05 Å². The molecule has 0 saturated heterocycles. The zero-order valence-electron chi connectivity index (χ0n) is 21.2. The van der Waals surface area contributed by atoms with E-state index in [-0.39, 0.29) is 46.6 Å². The lowest BCUT2D eigenvalue weighted by molar-refractivity contribution is 0.0507. The molecule has 0 saturated carbocycles. The molecule has 1 heterocycles. The summed E-state index contributed by atoms with van der Waals surface area (Å²) in [6, 6.07) is 11.0. The van der Waals surface area contributed by atoms with E-state index in [0.717, 1.165) is 6.07 Å². The second-order valence-corrected chi connectivity index (χ2v) is 8.89. The van der Waals surface area contributed by atoms with Crippen molar-refractivity contribution in [3.8, 4) is 11.4 Å². The number of hydrogen-bond donors (Lipinski definition) is 3. The SMILES string of the molecule is CCO.CCOC(=O)c1nnc(-c2cc(Cl)c(F)cc2NO)n1C.Cc1ccc(C(C)(C)C)cc1. The van der Waals surface area contributed by atoms with E-state index < -0.39 is 11.8 Å². The van der Waals surface area contributed by atoms with Crippen LogP contribution in [0.1, 0.15) is 56.4 Å². The number of hydrogen-bond acceptors (Lipinski definition) is 7. The van der Waals surface area contributed by atoms with Gasteiger partial charge in [-0.2, -0.15) is 0 Å². The Bertz CT molecular complexity index is 1100. The number of carbonyl (C=O) groups is 1. The van der Waals surface area contributed by atoms with Gasteiger partial charge < -0.3 is 14.4 Å². The third-order valence-electron chi connectivity index (χ3n) is 4.67. The van der Waals surface area contributed by atoms with Gasteiger partial charge in [-0.1, -0.05) is 62.2 Å². The van der Waals surface area contributed by atoms with Gasteiger partial charge in [-0.25, -0.2) is 9.18 Å². The molecule has 192 valence electrons. The van der Waals surface area contributed by atoms with Crippen LogP contribution >= 0.6 is 11.6 Å². The van der Waals surface area contributed by atoms with Crippen molar-refractivity contribution in [1.29, 1.82) is 0 Å². The number of nitrogens with zero attached hydrogens (tertiary/aromatic N) is 3. The number of ether oxygens (including phenoxy) is 1. The van der Waals surface area contributed by atoms with E-state index in [2.05, 4.69) is 62.2 Å². The lowest BCUT2D eigenvalue weighted by atomic mass is 9.87. The molecule has 0 radical (unpaired) electrons. The van der Waals surface area contributed by atoms with Crippen molar-refractivity contribution in [3.63, 3.8) is 0 Å². The standard InChI is InChI=1S/C12H12ClFN4O3.C11H16.C2H6O/c1-3-21-12(19)11-16-15-10(18(11)2)6-4-7(13)8(14)5-9(6)17-20;1-9-5-7-10(8-6-9)11(2,3)4;1-2-3/h4-5,17,20H,3H2,1-2H3;5-8H,1-4H3;3H,2H2,1H3. The maximum absolute atomic E-state index is 13.4. The van der Waals surface area contributed by atoms with E-state index in [4.69, 9.17) is 26.7 Å². The molecule has 35 heavy (non-hydrogen) atoms. The topological polar surface area (TPSA) is 110 Å². The summed E-state index contributed by atoms with van der Waals surface area (Å²) in [6.07, 6.45) is 0. The molecule has 0 amide bonds. The molecular weight excluding hydrogens is 475 g/mol. The van der Waals surface area contributed by atoms with E-state index in [1.54, 1.807) is 20.9 Å². The third-order valence-corrected chi connectivity index (χ3v) is 4.96. The van der Waals surface area contributed by atoms with E-state index in [1.165, 1.54) is 21.8 Å². The number of aliphatic hydroxyl groups is 1. The minimum absolute atomic E-state index is 0.0174. The Morgan fingerprint density at radius 3 is 2.23 bits per heavy atom. The Labute approximate surface area is 210 Å². The van der Waals surface area contributed by atoms with E-state index in [1.807, 2.05) is 5.48 Å². The first-order valence-corrected chi connectivity index (χ1v) is 11.4. The molecule has 1 aromatic heterocycles. The highest BCUT2D eigenvalue weighted by Gasteiger charge is 2.21. The van der Waals surface area contributed by atoms with Crippen LogP contribution in [0.15, 0.2) is 36.4 Å². The van der Waals surface area contributed by atoms with Gasteiger partial charge in [-0.3, -0.25) is 10.7 Å². The Balaban J connectivity index is 0.000000366. The number of esters is 1. The molecule has 2 aromatic carbocycles. The van der Waals surface area contributed by atoms with Crippen molar-refractivity contribution in [3.05, 3.63) is 64.2 Å². The fourth-order valence-corrected chi connectivity index (χ4v) is 2.98. The van der Waals surface area contributed by atoms with E-state index in [9.17, 15) is 9.18 Å². The Kier molecular flexibility index (Phi) is 11.8. The summed E-state index contributed by atoms with van der Waals surface area (Å²) in [5, 5.41) is 24.1. The van der Waals surface area contributed by atoms with Gasteiger partial charge in [-0.15, -0.1) is 10.2 Å². The van der Waals surface area contributed by atoms with Crippen molar-refractivity contribution >= 4 is 23.3 Å². The molecule has 8 nitrogen and oxygen atoms in total. The van der Waals surface area contributed by atoms with Gasteiger partial charge >= 0.3 is 5.97 Å². The average Bonchev–Trinajstić information content (AvgIpc) is 3.17. The molecular formula is C25H34ClFN4O4. The highest BCUT2D eigenvalue weighted by Crippen LogP contribution is 2.31. The minimum Gasteiger partial charge on any atom is -0.460 e. The second kappa shape index (κ2) is 13.8. The predicted octanol–water partition coefficient (Wildman–Crippen LogP) is 5.54. The van der Waals surface area contributed by atoms with Gasteiger partial charge in [0, 0.05) is 25.3 Å². The van der Waals surface area contributed by atoms with Crippen LogP contribution < -0.4 is 5.48 Å². The number of nitrogens with one attached hydrogen (secondary N) is 1. The number of rotatable bonds is 4. The zero-order valence-corrected chi connectivity index (χ0v) is 21.9. The monoisotopic (exact) mass is 508 g/mol. The normalized spacial score (nSPS) is 10.5. The lowest BCUT2D eigenvalue weighted by Gasteiger charge is -2.18. The molecule has 10 heteroatoms. The first kappa shape index (κ1) is 30.0. The molecule has 0 aliphatic carbocycles. The van der Waals surface area contributed by atoms with Crippen LogP contribution in [0.4, 0.5) is 10.1 Å². The summed E-state index contributed by atoms with van der Waals surface area (Å²) in [5.74, 6) is -1.14. The summed E-state index contributed by atoms with van der Waals surface area (Å²) in [7, 11) is 1.54. The summed E-state index contributed by atoms with van der Waals surface area (Å²) in [6.45, 7) is 12.6. The number of aromatic nitrogens is 3. The number of carbonyl (C=O) groups excluding carboxylic acids is 1. The Morgan fingerprint density at radius 1 is 1.17 bits per heavy atom. The minimum atomic E-state index is -0.704. The summed E-state index contributed by atoms with van der Waals surface area (Å²) < 4.78 is 19.6. The van der Waals surface area contributed by atoms with Crippen LogP contribution in [-0.2, 0) is 17.2 Å². The van der Waals surface area contributed by atoms with Crippen LogP contribution in [0.2, 0.25) is 5.02 Å². The number of benzene rings is 2. The largest absolute Gasteiger partial charge is 0.460 e. The molecule has 0 aliphatic heterocycles. The van der Waals surface area contributed by atoms with E-state index >= 15 is 0 Å². The Morgan fingerprint density at radius 2 is 1.74 bits per heavy atom. The highest BCUT2D eigenvalue weighted by molar-refractivity contribution is 6.31. The summed E-state index contributed by atoms with van der Waals surface area (Å²) >= 11 is 5.73. The number of aryl methyl sites for hydroxylation is 1. The fourth-order valence-electron chi connectivity index (χ4n) is 2.82.